The summed E-state index contributed by atoms with van der Waals surface area (Å²) in [7, 11) is -3.31. The molecule has 1 aliphatic rings. The van der Waals surface area contributed by atoms with Crippen LogP contribution in [0.4, 0.5) is 11.4 Å². The molecule has 162 valence electrons. The minimum Gasteiger partial charge on any atom is -0.397 e. The van der Waals surface area contributed by atoms with Gasteiger partial charge in [0.25, 0.3) is 11.8 Å². The Bertz CT molecular complexity index is 1280. The molecule has 0 aliphatic carbocycles. The molecule has 1 aliphatic heterocycles. The number of nitrogen functional groups attached to an aromatic ring is 1. The Balaban J connectivity index is 1.51. The number of aromatic nitrogens is 1. The summed E-state index contributed by atoms with van der Waals surface area (Å²) in [5.41, 5.74) is 13.2. The summed E-state index contributed by atoms with van der Waals surface area (Å²) in [5, 5.41) is 0.755. The molecule has 4 rings (SSSR count). The number of hydrogen-bond acceptors (Lipinski definition) is 8. The van der Waals surface area contributed by atoms with E-state index in [1.54, 1.807) is 17.3 Å². The van der Waals surface area contributed by atoms with Crippen molar-refractivity contribution in [3.8, 4) is 0 Å². The van der Waals surface area contributed by atoms with Crippen LogP contribution >= 0.6 is 11.3 Å². The molecule has 0 spiro atoms. The van der Waals surface area contributed by atoms with Gasteiger partial charge in [-0.05, 0) is 24.3 Å². The van der Waals surface area contributed by atoms with Crippen LogP contribution in [0, 0.1) is 0 Å². The zero-order chi connectivity index (χ0) is 22.3. The van der Waals surface area contributed by atoms with E-state index in [0.29, 0.717) is 42.3 Å². The number of hydrogen-bond donors (Lipinski definition) is 2. The minimum absolute atomic E-state index is 0.151. The Morgan fingerprint density at radius 3 is 2.29 bits per heavy atom. The van der Waals surface area contributed by atoms with E-state index in [-0.39, 0.29) is 10.8 Å². The zero-order valence-electron chi connectivity index (χ0n) is 16.7. The number of carbonyl (C=O) groups excluding carboxylic acids is 2. The third kappa shape index (κ3) is 3.93. The van der Waals surface area contributed by atoms with Crippen LogP contribution in [0.15, 0.2) is 41.6 Å². The Morgan fingerprint density at radius 2 is 1.71 bits per heavy atom. The average Bonchev–Trinajstić information content (AvgIpc) is 3.10. The summed E-state index contributed by atoms with van der Waals surface area (Å²) in [6.45, 7) is 2.09. The molecule has 3 aromatic rings. The Labute approximate surface area is 183 Å². The van der Waals surface area contributed by atoms with Crippen LogP contribution in [-0.2, 0) is 9.84 Å². The molecule has 0 saturated carbocycles. The van der Waals surface area contributed by atoms with Crippen molar-refractivity contribution in [3.05, 3.63) is 47.1 Å². The molecule has 0 atom stereocenters. The maximum Gasteiger partial charge on any atom is 0.260 e. The van der Waals surface area contributed by atoms with Crippen LogP contribution in [-0.4, -0.2) is 62.6 Å². The molecule has 2 aromatic heterocycles. The molecule has 0 bridgehead atoms. The van der Waals surface area contributed by atoms with Gasteiger partial charge in [0.1, 0.15) is 4.88 Å². The van der Waals surface area contributed by atoms with Crippen LogP contribution in [0.3, 0.4) is 0 Å². The van der Waals surface area contributed by atoms with Gasteiger partial charge < -0.3 is 21.3 Å². The van der Waals surface area contributed by atoms with Gasteiger partial charge in [0.05, 0.1) is 27.2 Å². The molecule has 1 aromatic carbocycles. The summed E-state index contributed by atoms with van der Waals surface area (Å²) in [6, 6.07) is 5.96. The van der Waals surface area contributed by atoms with E-state index in [4.69, 9.17) is 11.5 Å². The van der Waals surface area contributed by atoms with Crippen molar-refractivity contribution < 1.29 is 18.0 Å². The van der Waals surface area contributed by atoms with Gasteiger partial charge in [0.2, 0.25) is 0 Å². The molecule has 9 nitrogen and oxygen atoms in total. The number of benzene rings is 1. The minimum atomic E-state index is -3.31. The van der Waals surface area contributed by atoms with Crippen molar-refractivity contribution in [3.63, 3.8) is 0 Å². The van der Waals surface area contributed by atoms with Crippen LogP contribution in [0.5, 0.6) is 0 Å². The number of piperazine rings is 1. The molecular formula is C20H21N5O4S2. The lowest BCUT2D eigenvalue weighted by atomic mass is 10.1. The van der Waals surface area contributed by atoms with Crippen LogP contribution in [0.1, 0.15) is 20.0 Å². The first-order chi connectivity index (χ1) is 14.7. The predicted molar refractivity (Wildman–Crippen MR) is 120 cm³/mol. The van der Waals surface area contributed by atoms with E-state index >= 15 is 0 Å². The van der Waals surface area contributed by atoms with E-state index in [9.17, 15) is 18.0 Å². The summed E-state index contributed by atoms with van der Waals surface area (Å²) < 4.78 is 24.0. The van der Waals surface area contributed by atoms with Gasteiger partial charge >= 0.3 is 0 Å². The fourth-order valence-electron chi connectivity index (χ4n) is 3.66. The third-order valence-corrected chi connectivity index (χ3v) is 7.56. The number of sulfone groups is 1. The average molecular weight is 460 g/mol. The lowest BCUT2D eigenvalue weighted by Gasteiger charge is -2.36. The number of thiophene rings is 1. The van der Waals surface area contributed by atoms with Crippen LogP contribution < -0.4 is 16.4 Å². The third-order valence-electron chi connectivity index (χ3n) is 5.28. The lowest BCUT2D eigenvalue weighted by molar-refractivity contribution is 0.0746. The maximum atomic E-state index is 12.8. The molecule has 1 fully saturated rings. The molecular weight excluding hydrogens is 438 g/mol. The van der Waals surface area contributed by atoms with Crippen LogP contribution in [0.2, 0.25) is 0 Å². The van der Waals surface area contributed by atoms with E-state index in [0.717, 1.165) is 22.0 Å². The highest BCUT2D eigenvalue weighted by atomic mass is 32.2. The maximum absolute atomic E-state index is 12.8. The molecule has 31 heavy (non-hydrogen) atoms. The second kappa shape index (κ2) is 7.82. The second-order valence-corrected chi connectivity index (χ2v) is 10.4. The van der Waals surface area contributed by atoms with E-state index in [1.165, 1.54) is 35.6 Å². The fraction of sp³-hybridized carbons (Fsp3) is 0.250. The monoisotopic (exact) mass is 459 g/mol. The highest BCUT2D eigenvalue weighted by Crippen LogP contribution is 2.39. The summed E-state index contributed by atoms with van der Waals surface area (Å²) in [4.78, 5) is 33.0. The Hall–Kier alpha value is -3.18. The fourth-order valence-corrected chi connectivity index (χ4v) is 5.25. The van der Waals surface area contributed by atoms with E-state index in [2.05, 4.69) is 9.88 Å². The summed E-state index contributed by atoms with van der Waals surface area (Å²) in [6.07, 6.45) is 4.49. The molecule has 3 heterocycles. The van der Waals surface area contributed by atoms with Gasteiger partial charge in [-0.3, -0.25) is 14.6 Å². The van der Waals surface area contributed by atoms with Gasteiger partial charge in [-0.25, -0.2) is 8.42 Å². The molecule has 0 radical (unpaired) electrons. The molecule has 4 N–H and O–H groups in total. The van der Waals surface area contributed by atoms with Gasteiger partial charge in [0, 0.05) is 49.6 Å². The summed E-state index contributed by atoms with van der Waals surface area (Å²) >= 11 is 1.22. The second-order valence-electron chi connectivity index (χ2n) is 7.32. The molecule has 0 unspecified atom stereocenters. The number of nitrogens with two attached hydrogens (primary N) is 2. The van der Waals surface area contributed by atoms with Crippen LogP contribution in [0.25, 0.3) is 10.1 Å². The molecule has 2 amide bonds. The molecule has 11 heteroatoms. The van der Waals surface area contributed by atoms with Gasteiger partial charge in [-0.1, -0.05) is 0 Å². The van der Waals surface area contributed by atoms with Crippen molar-refractivity contribution in [2.45, 2.75) is 4.90 Å². The number of carbonyl (C=O) groups is 2. The first kappa shape index (κ1) is 21.1. The number of fused-ring (bicyclic) bond motifs is 1. The standard InChI is InChI=1S/C20H21N5O4S2/c1-31(28,29)13-4-2-12(3-5-13)20(27)25-8-6-24(7-9-25)14-10-23-11-15-16(14)17(21)18(30-15)19(22)26/h2-5,10-11H,6-9,21H2,1H3,(H2,22,26). The van der Waals surface area contributed by atoms with E-state index in [1.807, 2.05) is 0 Å². The highest BCUT2D eigenvalue weighted by molar-refractivity contribution is 7.90. The molecule has 1 saturated heterocycles. The van der Waals surface area contributed by atoms with Crippen molar-refractivity contribution in [1.29, 1.82) is 0 Å². The lowest BCUT2D eigenvalue weighted by Crippen LogP contribution is -2.48. The van der Waals surface area contributed by atoms with Crippen molar-refractivity contribution in [2.75, 3.05) is 43.1 Å². The zero-order valence-corrected chi connectivity index (χ0v) is 18.4. The van der Waals surface area contributed by atoms with E-state index < -0.39 is 15.7 Å². The number of primary amides is 1. The normalized spacial score (nSPS) is 14.7. The number of anilines is 2. The first-order valence-electron chi connectivity index (χ1n) is 9.47. The van der Waals surface area contributed by atoms with Crippen molar-refractivity contribution in [2.24, 2.45) is 5.73 Å². The number of rotatable bonds is 4. The quantitative estimate of drug-likeness (QED) is 0.600. The largest absolute Gasteiger partial charge is 0.397 e. The van der Waals surface area contributed by atoms with Gasteiger partial charge in [-0.2, -0.15) is 0 Å². The topological polar surface area (TPSA) is 140 Å². The number of nitrogens with zero attached hydrogens (tertiary/aromatic N) is 3. The van der Waals surface area contributed by atoms with Crippen molar-refractivity contribution >= 4 is 54.4 Å². The van der Waals surface area contributed by atoms with Gasteiger partial charge in [0.15, 0.2) is 9.84 Å². The Morgan fingerprint density at radius 1 is 1.06 bits per heavy atom. The Kier molecular flexibility index (Phi) is 5.31. The predicted octanol–water partition coefficient (Wildman–Crippen LogP) is 1.34. The SMILES string of the molecule is CS(=O)(=O)c1ccc(C(=O)N2CCN(c3cncc4sc(C(N)=O)c(N)c34)CC2)cc1. The summed E-state index contributed by atoms with van der Waals surface area (Å²) in [5.74, 6) is -0.718. The van der Waals surface area contributed by atoms with Crippen molar-refractivity contribution in [1.82, 2.24) is 9.88 Å². The smallest absolute Gasteiger partial charge is 0.260 e. The number of amides is 2. The van der Waals surface area contributed by atoms with Gasteiger partial charge in [-0.15, -0.1) is 11.3 Å². The first-order valence-corrected chi connectivity index (χ1v) is 12.2. The number of pyridine rings is 1. The highest BCUT2D eigenvalue weighted by Gasteiger charge is 2.25.